The number of hydrogen-bond acceptors (Lipinski definition) is 4. The molecular weight excluding hydrogens is 286 g/mol. The van der Waals surface area contributed by atoms with Crippen molar-refractivity contribution in [2.45, 2.75) is 5.92 Å². The second-order valence-corrected chi connectivity index (χ2v) is 4.40. The lowest BCUT2D eigenvalue weighted by atomic mass is 10.00. The number of carbonyl (C=O) groups is 2. The van der Waals surface area contributed by atoms with Gasteiger partial charge in [0.05, 0.1) is 18.1 Å². The Bertz CT molecular complexity index is 610. The first-order valence-electron chi connectivity index (χ1n) is 6.43. The maximum absolute atomic E-state index is 10.8. The van der Waals surface area contributed by atoms with Crippen molar-refractivity contribution in [3.63, 3.8) is 0 Å². The summed E-state index contributed by atoms with van der Waals surface area (Å²) >= 11 is 0. The first-order valence-corrected chi connectivity index (χ1v) is 6.43. The number of aromatic carboxylic acids is 1. The highest BCUT2D eigenvalue weighted by molar-refractivity contribution is 5.87. The lowest BCUT2D eigenvalue weighted by Gasteiger charge is -2.09. The summed E-state index contributed by atoms with van der Waals surface area (Å²) in [4.78, 5) is 21.0. The molecule has 0 aliphatic carbocycles. The Balaban J connectivity index is 0.000000224. The Morgan fingerprint density at radius 1 is 1.00 bits per heavy atom. The number of primary amides is 1. The lowest BCUT2D eigenvalue weighted by molar-refractivity contribution is -0.120. The summed E-state index contributed by atoms with van der Waals surface area (Å²) in [6.07, 6.45) is 0. The number of benzene rings is 2. The predicted molar refractivity (Wildman–Crippen MR) is 80.5 cm³/mol. The van der Waals surface area contributed by atoms with E-state index in [1.165, 1.54) is 24.3 Å². The molecule has 0 aliphatic heterocycles. The molecule has 1 atom stereocenters. The molecule has 0 bridgehead atoms. The zero-order valence-electron chi connectivity index (χ0n) is 11.7. The van der Waals surface area contributed by atoms with Gasteiger partial charge in [0, 0.05) is 0 Å². The van der Waals surface area contributed by atoms with Crippen molar-refractivity contribution in [3.05, 3.63) is 65.7 Å². The number of aromatic hydroxyl groups is 1. The van der Waals surface area contributed by atoms with Gasteiger partial charge in [-0.25, -0.2) is 4.79 Å². The normalized spacial score (nSPS) is 11.0. The minimum Gasteiger partial charge on any atom is -0.508 e. The number of nitrogens with two attached hydrogens (primary N) is 1. The van der Waals surface area contributed by atoms with Crippen molar-refractivity contribution < 1.29 is 24.9 Å². The minimum atomic E-state index is -0.986. The van der Waals surface area contributed by atoms with Gasteiger partial charge in [-0.1, -0.05) is 30.3 Å². The van der Waals surface area contributed by atoms with Crippen LogP contribution in [0.5, 0.6) is 5.75 Å². The number of rotatable bonds is 4. The van der Waals surface area contributed by atoms with Crippen molar-refractivity contribution in [2.24, 2.45) is 5.73 Å². The molecule has 2 rings (SSSR count). The Kier molecular flexibility index (Phi) is 6.59. The largest absolute Gasteiger partial charge is 0.508 e. The number of carbonyl (C=O) groups excluding carboxylic acids is 1. The van der Waals surface area contributed by atoms with E-state index in [0.29, 0.717) is 0 Å². The molecule has 22 heavy (non-hydrogen) atoms. The smallest absolute Gasteiger partial charge is 0.335 e. The number of carboxylic acids is 1. The molecule has 0 aliphatic rings. The molecule has 2 aromatic rings. The molecule has 0 saturated heterocycles. The Hall–Kier alpha value is -2.86. The highest BCUT2D eigenvalue weighted by atomic mass is 16.4. The van der Waals surface area contributed by atoms with E-state index < -0.39 is 17.8 Å². The second-order valence-electron chi connectivity index (χ2n) is 4.40. The Morgan fingerprint density at radius 3 is 1.95 bits per heavy atom. The van der Waals surface area contributed by atoms with E-state index in [2.05, 4.69) is 0 Å². The second kappa shape index (κ2) is 8.43. The number of amides is 1. The van der Waals surface area contributed by atoms with Gasteiger partial charge in [-0.05, 0) is 29.8 Å². The number of phenols is 1. The molecule has 0 heterocycles. The van der Waals surface area contributed by atoms with E-state index in [9.17, 15) is 9.59 Å². The monoisotopic (exact) mass is 303 g/mol. The van der Waals surface area contributed by atoms with E-state index in [0.717, 1.165) is 5.56 Å². The first kappa shape index (κ1) is 17.2. The standard InChI is InChI=1S/C9H11NO2.C7H6O3/c10-9(12)8(6-11)7-4-2-1-3-5-7;8-6-3-1-5(2-4-6)7(9)10/h1-5,8,11H,6H2,(H2,10,12);1-4,8H,(H,9,10). The van der Waals surface area contributed by atoms with E-state index in [1.807, 2.05) is 6.07 Å². The van der Waals surface area contributed by atoms with Crippen LogP contribution >= 0.6 is 0 Å². The van der Waals surface area contributed by atoms with E-state index in [1.54, 1.807) is 24.3 Å². The number of carboxylic acid groups (broad SMARTS) is 1. The summed E-state index contributed by atoms with van der Waals surface area (Å²) in [5, 5.41) is 26.0. The van der Waals surface area contributed by atoms with Gasteiger partial charge in [-0.15, -0.1) is 0 Å². The van der Waals surface area contributed by atoms with Gasteiger partial charge in [-0.3, -0.25) is 4.79 Å². The van der Waals surface area contributed by atoms with Crippen molar-refractivity contribution in [1.29, 1.82) is 0 Å². The highest BCUT2D eigenvalue weighted by Crippen LogP contribution is 2.13. The average Bonchev–Trinajstić information content (AvgIpc) is 2.50. The van der Waals surface area contributed by atoms with Gasteiger partial charge in [0.25, 0.3) is 0 Å². The van der Waals surface area contributed by atoms with Gasteiger partial charge >= 0.3 is 5.97 Å². The molecule has 6 heteroatoms. The molecule has 6 nitrogen and oxygen atoms in total. The maximum atomic E-state index is 10.8. The number of phenolic OH excluding ortho intramolecular Hbond substituents is 1. The Labute approximate surface area is 127 Å². The summed E-state index contributed by atoms with van der Waals surface area (Å²) in [5.41, 5.74) is 6.02. The van der Waals surface area contributed by atoms with Crippen LogP contribution in [0.15, 0.2) is 54.6 Å². The third-order valence-corrected chi connectivity index (χ3v) is 2.84. The summed E-state index contributed by atoms with van der Waals surface area (Å²) in [7, 11) is 0. The average molecular weight is 303 g/mol. The van der Waals surface area contributed by atoms with Crippen molar-refractivity contribution in [1.82, 2.24) is 0 Å². The third kappa shape index (κ3) is 5.26. The van der Waals surface area contributed by atoms with Gasteiger partial charge < -0.3 is 21.1 Å². The van der Waals surface area contributed by atoms with Crippen LogP contribution in [-0.4, -0.2) is 33.8 Å². The zero-order chi connectivity index (χ0) is 16.5. The summed E-state index contributed by atoms with van der Waals surface area (Å²) in [5.74, 6) is -1.99. The molecule has 0 radical (unpaired) electrons. The maximum Gasteiger partial charge on any atom is 0.335 e. The topological polar surface area (TPSA) is 121 Å². The number of aliphatic hydroxyl groups excluding tert-OH is 1. The molecule has 0 spiro atoms. The van der Waals surface area contributed by atoms with Gasteiger partial charge in [0.2, 0.25) is 5.91 Å². The van der Waals surface area contributed by atoms with Crippen LogP contribution in [0.2, 0.25) is 0 Å². The highest BCUT2D eigenvalue weighted by Gasteiger charge is 2.15. The van der Waals surface area contributed by atoms with E-state index >= 15 is 0 Å². The van der Waals surface area contributed by atoms with Gasteiger partial charge in [0.15, 0.2) is 0 Å². The predicted octanol–water partition coefficient (Wildman–Crippen LogP) is 1.34. The third-order valence-electron chi connectivity index (χ3n) is 2.84. The fourth-order valence-corrected chi connectivity index (χ4v) is 1.65. The first-order chi connectivity index (χ1) is 10.5. The number of hydrogen-bond donors (Lipinski definition) is 4. The summed E-state index contributed by atoms with van der Waals surface area (Å²) in [6.45, 7) is -0.237. The molecule has 2 aromatic carbocycles. The van der Waals surface area contributed by atoms with Gasteiger partial charge in [0.1, 0.15) is 5.75 Å². The van der Waals surface area contributed by atoms with Crippen LogP contribution < -0.4 is 5.73 Å². The van der Waals surface area contributed by atoms with Crippen molar-refractivity contribution in [3.8, 4) is 5.75 Å². The van der Waals surface area contributed by atoms with Crippen molar-refractivity contribution in [2.75, 3.05) is 6.61 Å². The molecule has 5 N–H and O–H groups in total. The molecule has 0 fully saturated rings. The van der Waals surface area contributed by atoms with Crippen LogP contribution in [-0.2, 0) is 4.79 Å². The van der Waals surface area contributed by atoms with E-state index in [-0.39, 0.29) is 17.9 Å². The summed E-state index contributed by atoms with van der Waals surface area (Å²) < 4.78 is 0. The SMILES string of the molecule is NC(=O)C(CO)c1ccccc1.O=C(O)c1ccc(O)cc1. The van der Waals surface area contributed by atoms with Crippen LogP contribution in [0.1, 0.15) is 21.8 Å². The van der Waals surface area contributed by atoms with E-state index in [4.69, 9.17) is 21.1 Å². The van der Waals surface area contributed by atoms with Crippen LogP contribution in [0.25, 0.3) is 0 Å². The molecule has 1 unspecified atom stereocenters. The lowest BCUT2D eigenvalue weighted by Crippen LogP contribution is -2.24. The van der Waals surface area contributed by atoms with Gasteiger partial charge in [-0.2, -0.15) is 0 Å². The molecular formula is C16H17NO5. The van der Waals surface area contributed by atoms with Crippen LogP contribution in [0.4, 0.5) is 0 Å². The van der Waals surface area contributed by atoms with Crippen molar-refractivity contribution >= 4 is 11.9 Å². The molecule has 0 saturated carbocycles. The van der Waals surface area contributed by atoms with Crippen LogP contribution in [0, 0.1) is 0 Å². The quantitative estimate of drug-likeness (QED) is 0.679. The molecule has 1 amide bonds. The fourth-order valence-electron chi connectivity index (χ4n) is 1.65. The Morgan fingerprint density at radius 2 is 1.55 bits per heavy atom. The van der Waals surface area contributed by atoms with Crippen LogP contribution in [0.3, 0.4) is 0 Å². The molecule has 0 aromatic heterocycles. The minimum absolute atomic E-state index is 0.0741. The fraction of sp³-hybridized carbons (Fsp3) is 0.125. The number of aliphatic hydroxyl groups is 1. The zero-order valence-corrected chi connectivity index (χ0v) is 11.7. The molecule has 116 valence electrons. The summed E-state index contributed by atoms with van der Waals surface area (Å²) in [6, 6.07) is 14.4.